The fourth-order valence-electron chi connectivity index (χ4n) is 1.55. The Labute approximate surface area is 132 Å². The molecule has 0 radical (unpaired) electrons. The van der Waals surface area contributed by atoms with E-state index in [9.17, 15) is 4.79 Å². The number of hydrogen-bond donors (Lipinski definition) is 2. The molecule has 1 amide bonds. The monoisotopic (exact) mass is 325 g/mol. The van der Waals surface area contributed by atoms with Gasteiger partial charge in [0.05, 0.1) is 11.2 Å². The van der Waals surface area contributed by atoms with Gasteiger partial charge in [-0.3, -0.25) is 9.89 Å². The van der Waals surface area contributed by atoms with Gasteiger partial charge in [-0.1, -0.05) is 44.1 Å². The molecule has 0 aromatic carbocycles. The molecule has 2 aromatic heterocycles. The van der Waals surface area contributed by atoms with E-state index in [0.717, 1.165) is 5.69 Å². The van der Waals surface area contributed by atoms with E-state index in [1.807, 2.05) is 6.26 Å². The van der Waals surface area contributed by atoms with E-state index in [4.69, 9.17) is 11.6 Å². The molecule has 0 bridgehead atoms. The van der Waals surface area contributed by atoms with Gasteiger partial charge in [0.1, 0.15) is 0 Å². The van der Waals surface area contributed by atoms with Crippen molar-refractivity contribution < 1.29 is 4.79 Å². The second-order valence-electron chi connectivity index (χ2n) is 5.42. The minimum absolute atomic E-state index is 0.0748. The molecule has 0 aliphatic carbocycles. The maximum absolute atomic E-state index is 12.2. The van der Waals surface area contributed by atoms with Gasteiger partial charge in [0.15, 0.2) is 16.7 Å². The van der Waals surface area contributed by atoms with Crippen LogP contribution in [-0.4, -0.2) is 32.3 Å². The molecule has 112 valence electrons. The number of carbonyl (C=O) groups excluding carboxylic acids is 1. The lowest BCUT2D eigenvalue weighted by Crippen LogP contribution is -2.15. The highest BCUT2D eigenvalue weighted by molar-refractivity contribution is 7.98. The number of aromatic nitrogens is 4. The van der Waals surface area contributed by atoms with Crippen LogP contribution in [0.15, 0.2) is 17.4 Å². The summed E-state index contributed by atoms with van der Waals surface area (Å²) in [6.45, 7) is 6.16. The third kappa shape index (κ3) is 3.74. The molecule has 0 saturated carbocycles. The number of rotatable bonds is 3. The van der Waals surface area contributed by atoms with E-state index in [-0.39, 0.29) is 16.1 Å². The van der Waals surface area contributed by atoms with Crippen LogP contribution in [0.1, 0.15) is 37.0 Å². The summed E-state index contributed by atoms with van der Waals surface area (Å²) in [6, 6.07) is 1.79. The van der Waals surface area contributed by atoms with Crippen molar-refractivity contribution in [2.24, 2.45) is 0 Å². The van der Waals surface area contributed by atoms with Gasteiger partial charge in [0.25, 0.3) is 5.91 Å². The Bertz CT molecular complexity index is 665. The fourth-order valence-corrected chi connectivity index (χ4v) is 2.07. The highest BCUT2D eigenvalue weighted by Crippen LogP contribution is 2.23. The number of amides is 1. The summed E-state index contributed by atoms with van der Waals surface area (Å²) in [6.07, 6.45) is 3.24. The van der Waals surface area contributed by atoms with Gasteiger partial charge in [0.2, 0.25) is 0 Å². The molecule has 2 N–H and O–H groups in total. The van der Waals surface area contributed by atoms with Crippen molar-refractivity contribution in [2.75, 3.05) is 11.6 Å². The number of nitrogens with zero attached hydrogens (tertiary/aromatic N) is 3. The molecule has 2 rings (SSSR count). The van der Waals surface area contributed by atoms with Crippen LogP contribution in [-0.2, 0) is 5.41 Å². The first-order valence-electron chi connectivity index (χ1n) is 6.25. The molecule has 2 heterocycles. The van der Waals surface area contributed by atoms with E-state index in [0.29, 0.717) is 11.0 Å². The Hall–Kier alpha value is -1.60. The number of carbonyl (C=O) groups is 1. The number of thioether (sulfide) groups is 1. The number of anilines is 1. The van der Waals surface area contributed by atoms with Gasteiger partial charge in [-0.2, -0.15) is 5.10 Å². The van der Waals surface area contributed by atoms with Crippen molar-refractivity contribution >= 4 is 35.1 Å². The average Bonchev–Trinajstić information content (AvgIpc) is 2.87. The van der Waals surface area contributed by atoms with E-state index in [1.165, 1.54) is 18.0 Å². The normalized spacial score (nSPS) is 11.5. The zero-order chi connectivity index (χ0) is 15.6. The number of nitrogens with one attached hydrogen (secondary N) is 2. The lowest BCUT2D eigenvalue weighted by atomic mass is 9.92. The molecule has 0 saturated heterocycles. The predicted molar refractivity (Wildman–Crippen MR) is 84.1 cm³/mol. The van der Waals surface area contributed by atoms with Gasteiger partial charge in [0, 0.05) is 17.2 Å². The van der Waals surface area contributed by atoms with E-state index >= 15 is 0 Å². The second-order valence-corrected chi connectivity index (χ2v) is 6.60. The topological polar surface area (TPSA) is 83.6 Å². The third-order valence-corrected chi connectivity index (χ3v) is 3.59. The first kappa shape index (κ1) is 15.8. The van der Waals surface area contributed by atoms with Crippen molar-refractivity contribution in [3.8, 4) is 0 Å². The molecule has 0 aliphatic rings. The Morgan fingerprint density at radius 3 is 2.71 bits per heavy atom. The maximum Gasteiger partial charge on any atom is 0.277 e. The average molecular weight is 326 g/mol. The van der Waals surface area contributed by atoms with Crippen molar-refractivity contribution in [1.29, 1.82) is 0 Å². The molecule has 0 fully saturated rings. The maximum atomic E-state index is 12.2. The summed E-state index contributed by atoms with van der Waals surface area (Å²) in [5.74, 6) is 0.0231. The summed E-state index contributed by atoms with van der Waals surface area (Å²) in [7, 11) is 0. The zero-order valence-corrected chi connectivity index (χ0v) is 13.8. The van der Waals surface area contributed by atoms with E-state index in [1.54, 1.807) is 6.07 Å². The van der Waals surface area contributed by atoms with Gasteiger partial charge < -0.3 is 5.32 Å². The summed E-state index contributed by atoms with van der Waals surface area (Å²) in [4.78, 5) is 20.3. The van der Waals surface area contributed by atoms with Crippen LogP contribution in [0.25, 0.3) is 0 Å². The zero-order valence-electron chi connectivity index (χ0n) is 12.2. The van der Waals surface area contributed by atoms with Crippen LogP contribution in [0.2, 0.25) is 5.02 Å². The van der Waals surface area contributed by atoms with Gasteiger partial charge in [-0.25, -0.2) is 9.97 Å². The Balaban J connectivity index is 2.20. The van der Waals surface area contributed by atoms with Crippen molar-refractivity contribution in [2.45, 2.75) is 31.3 Å². The molecule has 0 unspecified atom stereocenters. The van der Waals surface area contributed by atoms with Crippen LogP contribution in [0.4, 0.5) is 5.82 Å². The smallest absolute Gasteiger partial charge is 0.277 e. The molecule has 6 nitrogen and oxygen atoms in total. The Morgan fingerprint density at radius 1 is 1.43 bits per heavy atom. The first-order chi connectivity index (χ1) is 9.81. The van der Waals surface area contributed by atoms with Crippen LogP contribution in [0, 0.1) is 0 Å². The molecule has 0 spiro atoms. The third-order valence-electron chi connectivity index (χ3n) is 2.75. The van der Waals surface area contributed by atoms with Crippen LogP contribution >= 0.6 is 23.4 Å². The fraction of sp³-hybridized carbons (Fsp3) is 0.385. The number of halogens is 1. The highest BCUT2D eigenvalue weighted by atomic mass is 35.5. The van der Waals surface area contributed by atoms with Gasteiger partial charge in [-0.05, 0) is 6.26 Å². The van der Waals surface area contributed by atoms with Gasteiger partial charge in [-0.15, -0.1) is 0 Å². The number of aromatic amines is 1. The van der Waals surface area contributed by atoms with E-state index < -0.39 is 5.91 Å². The second kappa shape index (κ2) is 6.03. The van der Waals surface area contributed by atoms with Crippen molar-refractivity contribution in [1.82, 2.24) is 20.2 Å². The van der Waals surface area contributed by atoms with Crippen LogP contribution < -0.4 is 5.32 Å². The molecule has 2 aromatic rings. The summed E-state index contributed by atoms with van der Waals surface area (Å²) >= 11 is 7.31. The van der Waals surface area contributed by atoms with E-state index in [2.05, 4.69) is 46.3 Å². The summed E-state index contributed by atoms with van der Waals surface area (Å²) in [5, 5.41) is 10.3. The molecular formula is C13H16ClN5OS. The van der Waals surface area contributed by atoms with Crippen LogP contribution in [0.3, 0.4) is 0 Å². The summed E-state index contributed by atoms with van der Waals surface area (Å²) in [5.41, 5.74) is 0.988. The number of hydrogen-bond acceptors (Lipinski definition) is 5. The number of H-pyrrole nitrogens is 1. The molecule has 0 atom stereocenters. The van der Waals surface area contributed by atoms with Gasteiger partial charge >= 0.3 is 0 Å². The predicted octanol–water partition coefficient (Wildman–Crippen LogP) is 3.12. The Kier molecular flexibility index (Phi) is 4.53. The lowest BCUT2D eigenvalue weighted by Gasteiger charge is -2.14. The van der Waals surface area contributed by atoms with Crippen LogP contribution in [0.5, 0.6) is 0 Å². The molecule has 8 heteroatoms. The minimum atomic E-state index is -0.412. The molecule has 0 aliphatic heterocycles. The quantitative estimate of drug-likeness (QED) is 0.669. The van der Waals surface area contributed by atoms with Crippen molar-refractivity contribution in [3.05, 3.63) is 28.7 Å². The lowest BCUT2D eigenvalue weighted by molar-refractivity contribution is 0.102. The molecular weight excluding hydrogens is 310 g/mol. The highest BCUT2D eigenvalue weighted by Gasteiger charge is 2.19. The van der Waals surface area contributed by atoms with Crippen molar-refractivity contribution in [3.63, 3.8) is 0 Å². The standard InChI is InChI=1S/C13H16ClN5OS/c1-13(2,3)8-5-9(19-18-8)16-11(20)10-7(14)6-15-12(17-10)21-4/h5-6H,1-4H3,(H2,16,18,19,20). The minimum Gasteiger partial charge on any atom is -0.304 e. The summed E-state index contributed by atoms with van der Waals surface area (Å²) < 4.78 is 0. The largest absolute Gasteiger partial charge is 0.304 e. The molecule has 21 heavy (non-hydrogen) atoms. The first-order valence-corrected chi connectivity index (χ1v) is 7.85. The Morgan fingerprint density at radius 2 is 2.14 bits per heavy atom. The SMILES string of the molecule is CSc1ncc(Cl)c(C(=O)Nc2cc(C(C)(C)C)[nH]n2)n1.